The number of anilines is 2. The van der Waals surface area contributed by atoms with Crippen LogP contribution in [0.2, 0.25) is 0 Å². The Labute approximate surface area is 113 Å². The number of nitrogens with two attached hydrogens (primary N) is 1. The molecule has 19 heavy (non-hydrogen) atoms. The lowest BCUT2D eigenvalue weighted by atomic mass is 9.89. The van der Waals surface area contributed by atoms with Crippen molar-refractivity contribution in [3.05, 3.63) is 17.9 Å². The Kier molecular flexibility index (Phi) is 3.25. The van der Waals surface area contributed by atoms with E-state index in [2.05, 4.69) is 5.32 Å². The van der Waals surface area contributed by atoms with Crippen molar-refractivity contribution in [1.29, 1.82) is 0 Å². The number of hydrogen-bond acceptors (Lipinski definition) is 3. The van der Waals surface area contributed by atoms with Crippen molar-refractivity contribution in [2.75, 3.05) is 24.7 Å². The topological polar surface area (TPSA) is 47.3 Å². The van der Waals surface area contributed by atoms with Gasteiger partial charge in [-0.25, -0.2) is 4.39 Å². The van der Waals surface area contributed by atoms with Crippen molar-refractivity contribution in [2.45, 2.75) is 25.7 Å². The number of nitrogens with one attached hydrogen (secondary N) is 1. The maximum absolute atomic E-state index is 13.8. The lowest BCUT2D eigenvalue weighted by Crippen LogP contribution is -2.20. The van der Waals surface area contributed by atoms with E-state index in [-0.39, 0.29) is 5.82 Å². The molecule has 4 heteroatoms. The van der Waals surface area contributed by atoms with Gasteiger partial charge in [-0.2, -0.15) is 0 Å². The van der Waals surface area contributed by atoms with Gasteiger partial charge in [-0.3, -0.25) is 0 Å². The van der Waals surface area contributed by atoms with Gasteiger partial charge in [-0.05, 0) is 37.0 Å². The molecule has 1 aromatic carbocycles. The highest BCUT2D eigenvalue weighted by Crippen LogP contribution is 2.48. The number of halogens is 1. The minimum absolute atomic E-state index is 0.304. The van der Waals surface area contributed by atoms with E-state index in [9.17, 15) is 4.39 Å². The number of benzene rings is 1. The molecular formula is C15H21FN2O. The van der Waals surface area contributed by atoms with Crippen LogP contribution in [-0.4, -0.2) is 13.7 Å². The van der Waals surface area contributed by atoms with Gasteiger partial charge >= 0.3 is 0 Å². The summed E-state index contributed by atoms with van der Waals surface area (Å²) in [7, 11) is 1.54. The van der Waals surface area contributed by atoms with Crippen LogP contribution < -0.4 is 15.8 Å². The molecule has 104 valence electrons. The second kappa shape index (κ2) is 4.91. The monoisotopic (exact) mass is 264 g/mol. The Morgan fingerprint density at radius 1 is 1.37 bits per heavy atom. The van der Waals surface area contributed by atoms with Crippen molar-refractivity contribution in [1.82, 2.24) is 0 Å². The molecule has 3 nitrogen and oxygen atoms in total. The highest BCUT2D eigenvalue weighted by molar-refractivity contribution is 5.62. The first-order chi connectivity index (χ1) is 9.17. The Hall–Kier alpha value is -1.45. The van der Waals surface area contributed by atoms with E-state index in [0.717, 1.165) is 18.4 Å². The second-order valence-electron chi connectivity index (χ2n) is 5.89. The maximum Gasteiger partial charge on any atom is 0.148 e. The van der Waals surface area contributed by atoms with Crippen molar-refractivity contribution in [2.24, 2.45) is 17.8 Å². The molecule has 3 atom stereocenters. The molecule has 1 aromatic rings. The number of rotatable bonds is 4. The van der Waals surface area contributed by atoms with Gasteiger partial charge in [0.1, 0.15) is 11.6 Å². The van der Waals surface area contributed by atoms with Gasteiger partial charge in [0, 0.05) is 18.7 Å². The second-order valence-corrected chi connectivity index (χ2v) is 5.89. The first kappa shape index (κ1) is 12.6. The van der Waals surface area contributed by atoms with E-state index in [0.29, 0.717) is 23.0 Å². The van der Waals surface area contributed by atoms with Crippen molar-refractivity contribution >= 4 is 11.4 Å². The largest absolute Gasteiger partial charge is 0.495 e. The Balaban J connectivity index is 1.66. The molecule has 2 fully saturated rings. The summed E-state index contributed by atoms with van der Waals surface area (Å²) < 4.78 is 19.0. The zero-order valence-corrected chi connectivity index (χ0v) is 11.3. The Morgan fingerprint density at radius 2 is 2.21 bits per heavy atom. The van der Waals surface area contributed by atoms with Crippen LogP contribution in [0.4, 0.5) is 15.8 Å². The average Bonchev–Trinajstić information content (AvgIpc) is 3.00. The lowest BCUT2D eigenvalue weighted by Gasteiger charge is -2.22. The molecule has 0 heterocycles. The molecule has 3 N–H and O–H groups in total. The molecule has 0 radical (unpaired) electrons. The van der Waals surface area contributed by atoms with E-state index in [4.69, 9.17) is 10.5 Å². The number of nitrogen functional groups attached to an aromatic ring is 1. The van der Waals surface area contributed by atoms with E-state index in [1.54, 1.807) is 13.2 Å². The molecule has 0 aliphatic heterocycles. The fourth-order valence-electron chi connectivity index (χ4n) is 3.75. The lowest BCUT2D eigenvalue weighted by molar-refractivity contribution is 0.348. The molecule has 0 aromatic heterocycles. The van der Waals surface area contributed by atoms with Gasteiger partial charge in [0.05, 0.1) is 18.5 Å². The van der Waals surface area contributed by atoms with E-state index in [1.165, 1.54) is 31.7 Å². The molecule has 3 unspecified atom stereocenters. The van der Waals surface area contributed by atoms with Gasteiger partial charge < -0.3 is 15.8 Å². The molecule has 0 spiro atoms. The Bertz CT molecular complexity index is 477. The van der Waals surface area contributed by atoms with Crippen LogP contribution in [0.1, 0.15) is 25.7 Å². The quantitative estimate of drug-likeness (QED) is 0.821. The molecule has 3 rings (SSSR count). The van der Waals surface area contributed by atoms with Crippen LogP contribution in [0, 0.1) is 23.6 Å². The predicted octanol–water partition coefficient (Wildman–Crippen LogP) is 3.26. The minimum atomic E-state index is -0.304. The molecular weight excluding hydrogens is 243 g/mol. The van der Waals surface area contributed by atoms with Crippen molar-refractivity contribution in [3.8, 4) is 5.75 Å². The van der Waals surface area contributed by atoms with E-state index >= 15 is 0 Å². The summed E-state index contributed by atoms with van der Waals surface area (Å²) in [5.74, 6) is 2.68. The zero-order valence-electron chi connectivity index (χ0n) is 11.3. The normalized spacial score (nSPS) is 28.6. The maximum atomic E-state index is 13.8. The van der Waals surface area contributed by atoms with Gasteiger partial charge in [0.2, 0.25) is 0 Å². The summed E-state index contributed by atoms with van der Waals surface area (Å²) in [6.45, 7) is 0.852. The molecule has 2 bridgehead atoms. The van der Waals surface area contributed by atoms with Crippen LogP contribution in [-0.2, 0) is 0 Å². The molecule has 0 amide bonds. The minimum Gasteiger partial charge on any atom is -0.495 e. The summed E-state index contributed by atoms with van der Waals surface area (Å²) in [4.78, 5) is 0. The number of ether oxygens (including phenoxy) is 1. The van der Waals surface area contributed by atoms with E-state index in [1.807, 2.05) is 0 Å². The molecule has 2 aliphatic rings. The van der Waals surface area contributed by atoms with Gasteiger partial charge in [-0.15, -0.1) is 0 Å². The van der Waals surface area contributed by atoms with Crippen LogP contribution in [0.15, 0.2) is 12.1 Å². The standard InChI is InChI=1S/C15H21FN2O/c1-19-15-7-14(12(16)6-13(15)17)18-8-11-5-9-2-3-10(11)4-9/h6-7,9-11,18H,2-5,8,17H2,1H3. The van der Waals surface area contributed by atoms with Crippen LogP contribution in [0.3, 0.4) is 0 Å². The highest BCUT2D eigenvalue weighted by atomic mass is 19.1. The molecule has 2 aliphatic carbocycles. The Morgan fingerprint density at radius 3 is 2.84 bits per heavy atom. The third-order valence-electron chi connectivity index (χ3n) is 4.76. The summed E-state index contributed by atoms with van der Waals surface area (Å²) in [5, 5.41) is 3.23. The third-order valence-corrected chi connectivity index (χ3v) is 4.76. The molecule has 2 saturated carbocycles. The van der Waals surface area contributed by atoms with Crippen LogP contribution >= 0.6 is 0 Å². The van der Waals surface area contributed by atoms with E-state index < -0.39 is 0 Å². The SMILES string of the molecule is COc1cc(NCC2CC3CCC2C3)c(F)cc1N. The summed E-state index contributed by atoms with van der Waals surface area (Å²) in [5.41, 5.74) is 6.51. The number of fused-ring (bicyclic) bond motifs is 2. The number of hydrogen-bond donors (Lipinski definition) is 2. The highest BCUT2D eigenvalue weighted by Gasteiger charge is 2.39. The van der Waals surface area contributed by atoms with Gasteiger partial charge in [0.25, 0.3) is 0 Å². The summed E-state index contributed by atoms with van der Waals surface area (Å²) in [6.07, 6.45) is 5.42. The van der Waals surface area contributed by atoms with Gasteiger partial charge in [0.15, 0.2) is 0 Å². The zero-order chi connectivity index (χ0) is 13.4. The first-order valence-corrected chi connectivity index (χ1v) is 7.04. The first-order valence-electron chi connectivity index (χ1n) is 7.04. The van der Waals surface area contributed by atoms with Crippen LogP contribution in [0.25, 0.3) is 0 Å². The van der Waals surface area contributed by atoms with Gasteiger partial charge in [-0.1, -0.05) is 6.42 Å². The fraction of sp³-hybridized carbons (Fsp3) is 0.600. The third kappa shape index (κ3) is 2.36. The summed E-state index contributed by atoms with van der Waals surface area (Å²) >= 11 is 0. The fourth-order valence-corrected chi connectivity index (χ4v) is 3.75. The number of methoxy groups -OCH3 is 1. The average molecular weight is 264 g/mol. The smallest absolute Gasteiger partial charge is 0.148 e. The van der Waals surface area contributed by atoms with Crippen molar-refractivity contribution < 1.29 is 9.13 Å². The van der Waals surface area contributed by atoms with Crippen LogP contribution in [0.5, 0.6) is 5.75 Å². The van der Waals surface area contributed by atoms with Crippen molar-refractivity contribution in [3.63, 3.8) is 0 Å². The molecule has 0 saturated heterocycles. The predicted molar refractivity (Wildman–Crippen MR) is 74.8 cm³/mol. The summed E-state index contributed by atoms with van der Waals surface area (Å²) in [6, 6.07) is 2.97.